The third kappa shape index (κ3) is 8.96. The van der Waals surface area contributed by atoms with Gasteiger partial charge in [-0.1, -0.05) is 17.7 Å². The number of β-amino-alcohol motifs (C(OH)–C–C–N with tert-alkyl or cyclic N) is 1. The summed E-state index contributed by atoms with van der Waals surface area (Å²) >= 11 is 0. The third-order valence-corrected chi connectivity index (χ3v) is 6.11. The Morgan fingerprint density at radius 3 is 2.55 bits per heavy atom. The number of carbonyl (C=O) groups excluding carboxylic acids is 1. The van der Waals surface area contributed by atoms with E-state index in [-0.39, 0.29) is 18.1 Å². The lowest BCUT2D eigenvalue weighted by atomic mass is 10.1. The Kier molecular flexibility index (Phi) is 10.6. The lowest BCUT2D eigenvalue weighted by molar-refractivity contribution is -0.0633. The largest absolute Gasteiger partial charge is 0.389 e. The first-order chi connectivity index (χ1) is 15.9. The molecule has 0 saturated carbocycles. The molecule has 8 heteroatoms. The Balaban J connectivity index is 1.58. The Labute approximate surface area is 198 Å². The summed E-state index contributed by atoms with van der Waals surface area (Å²) in [5.41, 5.74) is 1.84. The quantitative estimate of drug-likeness (QED) is 0.530. The molecule has 0 aliphatic carbocycles. The highest BCUT2D eigenvalue weighted by Crippen LogP contribution is 2.13. The van der Waals surface area contributed by atoms with Gasteiger partial charge in [-0.15, -0.1) is 0 Å². The number of hydrogen-bond donors (Lipinski definition) is 1. The molecule has 2 saturated heterocycles. The molecule has 1 N–H and O–H groups in total. The van der Waals surface area contributed by atoms with Crippen LogP contribution in [0.2, 0.25) is 0 Å². The van der Waals surface area contributed by atoms with E-state index in [1.807, 2.05) is 49.9 Å². The number of carbonyl (C=O) groups is 1. The summed E-state index contributed by atoms with van der Waals surface area (Å²) in [7, 11) is 0. The number of amides is 1. The molecule has 2 atom stereocenters. The molecular weight excluding hydrogens is 422 g/mol. The summed E-state index contributed by atoms with van der Waals surface area (Å²) in [6.45, 7) is 14.2. The Bertz CT molecular complexity index is 708. The summed E-state index contributed by atoms with van der Waals surface area (Å²) in [6.07, 6.45) is -0.515. The fourth-order valence-electron chi connectivity index (χ4n) is 4.20. The molecule has 0 bridgehead atoms. The molecular formula is C25H41N3O5. The van der Waals surface area contributed by atoms with Gasteiger partial charge in [-0.25, -0.2) is 0 Å². The van der Waals surface area contributed by atoms with Crippen LogP contribution in [0.3, 0.4) is 0 Å². The molecule has 186 valence electrons. The summed E-state index contributed by atoms with van der Waals surface area (Å²) in [4.78, 5) is 19.8. The average Bonchev–Trinajstić information content (AvgIpc) is 2.81. The zero-order valence-corrected chi connectivity index (χ0v) is 20.4. The minimum atomic E-state index is -0.530. The van der Waals surface area contributed by atoms with Crippen LogP contribution in [0.1, 0.15) is 29.8 Å². The number of ether oxygens (including phenoxy) is 3. The van der Waals surface area contributed by atoms with E-state index in [4.69, 9.17) is 14.2 Å². The van der Waals surface area contributed by atoms with Crippen LogP contribution in [0.25, 0.3) is 0 Å². The number of benzene rings is 1. The van der Waals surface area contributed by atoms with Crippen LogP contribution in [0.5, 0.6) is 0 Å². The van der Waals surface area contributed by atoms with Crippen molar-refractivity contribution >= 4 is 5.91 Å². The van der Waals surface area contributed by atoms with Crippen molar-refractivity contribution in [1.29, 1.82) is 0 Å². The first kappa shape index (κ1) is 26.1. The predicted octanol–water partition coefficient (Wildman–Crippen LogP) is 1.26. The minimum Gasteiger partial charge on any atom is -0.389 e. The van der Waals surface area contributed by atoms with Crippen molar-refractivity contribution in [3.05, 3.63) is 35.4 Å². The number of aliphatic hydroxyl groups is 1. The molecule has 1 aromatic rings. The van der Waals surface area contributed by atoms with Gasteiger partial charge in [0.25, 0.3) is 5.91 Å². The highest BCUT2D eigenvalue weighted by molar-refractivity contribution is 5.94. The van der Waals surface area contributed by atoms with Crippen molar-refractivity contribution in [2.45, 2.75) is 39.1 Å². The third-order valence-electron chi connectivity index (χ3n) is 6.11. The maximum absolute atomic E-state index is 13.4. The van der Waals surface area contributed by atoms with Crippen molar-refractivity contribution in [2.24, 2.45) is 0 Å². The smallest absolute Gasteiger partial charge is 0.253 e. The van der Waals surface area contributed by atoms with E-state index >= 15 is 0 Å². The maximum Gasteiger partial charge on any atom is 0.253 e. The van der Waals surface area contributed by atoms with Crippen LogP contribution in [0.4, 0.5) is 0 Å². The lowest BCUT2D eigenvalue weighted by Gasteiger charge is -2.37. The molecule has 2 fully saturated rings. The molecule has 2 aliphatic rings. The van der Waals surface area contributed by atoms with Crippen molar-refractivity contribution in [3.63, 3.8) is 0 Å². The van der Waals surface area contributed by atoms with Crippen LogP contribution in [-0.2, 0) is 14.2 Å². The van der Waals surface area contributed by atoms with E-state index in [9.17, 15) is 9.90 Å². The van der Waals surface area contributed by atoms with Gasteiger partial charge in [0.15, 0.2) is 0 Å². The number of hydrogen-bond acceptors (Lipinski definition) is 7. The number of aliphatic hydroxyl groups excluding tert-OH is 1. The first-order valence-corrected chi connectivity index (χ1v) is 12.2. The predicted molar refractivity (Wildman–Crippen MR) is 128 cm³/mol. The fourth-order valence-corrected chi connectivity index (χ4v) is 4.20. The van der Waals surface area contributed by atoms with Gasteiger partial charge in [-0.05, 0) is 32.9 Å². The van der Waals surface area contributed by atoms with Crippen molar-refractivity contribution in [3.8, 4) is 0 Å². The number of morpholine rings is 2. The van der Waals surface area contributed by atoms with Crippen LogP contribution < -0.4 is 0 Å². The monoisotopic (exact) mass is 463 g/mol. The van der Waals surface area contributed by atoms with Gasteiger partial charge in [0.1, 0.15) is 0 Å². The number of aryl methyl sites for hydroxylation is 1. The average molecular weight is 464 g/mol. The van der Waals surface area contributed by atoms with E-state index in [1.54, 1.807) is 0 Å². The SMILES string of the molecule is Cc1ccc(C(=O)N(CCN2CCOCC2)C[C@H]2CN(C[C@H](O)COC(C)C)CCO2)cc1. The van der Waals surface area contributed by atoms with E-state index in [2.05, 4.69) is 9.80 Å². The van der Waals surface area contributed by atoms with Crippen molar-refractivity contribution in [2.75, 3.05) is 78.8 Å². The highest BCUT2D eigenvalue weighted by Gasteiger charge is 2.27. The summed E-state index contributed by atoms with van der Waals surface area (Å²) in [5, 5.41) is 10.3. The van der Waals surface area contributed by atoms with E-state index < -0.39 is 6.10 Å². The van der Waals surface area contributed by atoms with Crippen LogP contribution in [-0.4, -0.2) is 123 Å². The summed E-state index contributed by atoms with van der Waals surface area (Å²) < 4.78 is 17.0. The van der Waals surface area contributed by atoms with Crippen LogP contribution in [0, 0.1) is 6.92 Å². The Hall–Kier alpha value is -1.55. The van der Waals surface area contributed by atoms with Gasteiger partial charge in [-0.3, -0.25) is 14.6 Å². The molecule has 2 aliphatic heterocycles. The molecule has 1 aromatic carbocycles. The van der Waals surface area contributed by atoms with Gasteiger partial charge >= 0.3 is 0 Å². The van der Waals surface area contributed by atoms with E-state index in [1.165, 1.54) is 0 Å². The van der Waals surface area contributed by atoms with Crippen LogP contribution >= 0.6 is 0 Å². The highest BCUT2D eigenvalue weighted by atomic mass is 16.5. The molecule has 0 unspecified atom stereocenters. The molecule has 2 heterocycles. The molecule has 8 nitrogen and oxygen atoms in total. The summed E-state index contributed by atoms with van der Waals surface area (Å²) in [5.74, 6) is 0.0364. The summed E-state index contributed by atoms with van der Waals surface area (Å²) in [6, 6.07) is 7.76. The Morgan fingerprint density at radius 1 is 1.15 bits per heavy atom. The Morgan fingerprint density at radius 2 is 1.85 bits per heavy atom. The van der Waals surface area contributed by atoms with Gasteiger partial charge in [0.05, 0.1) is 44.7 Å². The first-order valence-electron chi connectivity index (χ1n) is 12.2. The zero-order chi connectivity index (χ0) is 23.6. The lowest BCUT2D eigenvalue weighted by Crippen LogP contribution is -2.52. The molecule has 0 radical (unpaired) electrons. The maximum atomic E-state index is 13.4. The van der Waals surface area contributed by atoms with Crippen LogP contribution in [0.15, 0.2) is 24.3 Å². The second kappa shape index (κ2) is 13.4. The standard InChI is InChI=1S/C25H41N3O5/c1-20(2)33-19-23(29)16-27-12-15-32-24(17-27)18-28(9-8-26-10-13-31-14-11-26)25(30)22-6-4-21(3)5-7-22/h4-7,20,23-24,29H,8-19H2,1-3H3/t23-,24+/m0/s1. The molecule has 0 aromatic heterocycles. The normalized spacial score (nSPS) is 21.3. The minimum absolute atomic E-state index is 0.0364. The van der Waals surface area contributed by atoms with Crippen molar-refractivity contribution in [1.82, 2.24) is 14.7 Å². The number of rotatable bonds is 11. The van der Waals surface area contributed by atoms with Gasteiger partial charge in [-0.2, -0.15) is 0 Å². The van der Waals surface area contributed by atoms with E-state index in [0.29, 0.717) is 45.0 Å². The zero-order valence-electron chi connectivity index (χ0n) is 20.4. The fraction of sp³-hybridized carbons (Fsp3) is 0.720. The second-order valence-corrected chi connectivity index (χ2v) is 9.36. The van der Waals surface area contributed by atoms with Crippen molar-refractivity contribution < 1.29 is 24.1 Å². The molecule has 3 rings (SSSR count). The van der Waals surface area contributed by atoms with Gasteiger partial charge in [0, 0.05) is 57.9 Å². The topological polar surface area (TPSA) is 74.7 Å². The molecule has 33 heavy (non-hydrogen) atoms. The molecule has 0 spiro atoms. The van der Waals surface area contributed by atoms with Gasteiger partial charge in [0.2, 0.25) is 0 Å². The number of nitrogens with zero attached hydrogens (tertiary/aromatic N) is 3. The van der Waals surface area contributed by atoms with E-state index in [0.717, 1.165) is 45.0 Å². The van der Waals surface area contributed by atoms with Gasteiger partial charge < -0.3 is 24.2 Å². The molecule has 1 amide bonds. The second-order valence-electron chi connectivity index (χ2n) is 9.36.